The minimum atomic E-state index is -0.531. The SMILES string of the molecule is Cc1cc(Nc2ncnc3ccc(OC4CCN(C(=O)OC(C)(C)C)C4)cc23)ccc1Oc1ccn2ncnc2c1. The first-order valence-electron chi connectivity index (χ1n) is 13.4. The summed E-state index contributed by atoms with van der Waals surface area (Å²) in [5.41, 5.74) is 2.78. The van der Waals surface area contributed by atoms with E-state index in [1.165, 1.54) is 12.7 Å². The molecule has 0 spiro atoms. The van der Waals surface area contributed by atoms with Gasteiger partial charge in [0.15, 0.2) is 5.65 Å². The van der Waals surface area contributed by atoms with Crippen LogP contribution in [0, 0.1) is 6.92 Å². The Hall–Kier alpha value is -4.93. The number of nitrogens with zero attached hydrogens (tertiary/aromatic N) is 6. The molecule has 1 fully saturated rings. The van der Waals surface area contributed by atoms with E-state index in [1.54, 1.807) is 9.42 Å². The number of hydrogen-bond donors (Lipinski definition) is 1. The number of aryl methyl sites for hydroxylation is 1. The fourth-order valence-corrected chi connectivity index (χ4v) is 4.68. The summed E-state index contributed by atoms with van der Waals surface area (Å²) in [6.07, 6.45) is 5.14. The molecule has 0 radical (unpaired) electrons. The lowest BCUT2D eigenvalue weighted by Gasteiger charge is -2.24. The molecule has 3 aromatic heterocycles. The van der Waals surface area contributed by atoms with Crippen LogP contribution in [0.4, 0.5) is 16.3 Å². The number of fused-ring (bicyclic) bond motifs is 2. The number of pyridine rings is 1. The molecule has 0 saturated carbocycles. The predicted octanol–water partition coefficient (Wildman–Crippen LogP) is 5.91. The van der Waals surface area contributed by atoms with Crippen molar-refractivity contribution in [2.75, 3.05) is 18.4 Å². The van der Waals surface area contributed by atoms with Crippen molar-refractivity contribution in [2.45, 2.75) is 45.8 Å². The summed E-state index contributed by atoms with van der Waals surface area (Å²) in [6.45, 7) is 8.65. The van der Waals surface area contributed by atoms with E-state index in [4.69, 9.17) is 14.2 Å². The van der Waals surface area contributed by atoms with Crippen molar-refractivity contribution in [2.24, 2.45) is 0 Å². The summed E-state index contributed by atoms with van der Waals surface area (Å²) in [7, 11) is 0. The van der Waals surface area contributed by atoms with Gasteiger partial charge in [-0.25, -0.2) is 24.3 Å². The van der Waals surface area contributed by atoms with Gasteiger partial charge in [0.25, 0.3) is 0 Å². The molecule has 1 saturated heterocycles. The first-order chi connectivity index (χ1) is 19.7. The van der Waals surface area contributed by atoms with Gasteiger partial charge < -0.3 is 24.4 Å². The zero-order valence-corrected chi connectivity index (χ0v) is 23.4. The second kappa shape index (κ2) is 10.6. The number of rotatable bonds is 6. The van der Waals surface area contributed by atoms with Gasteiger partial charge in [-0.1, -0.05) is 0 Å². The fourth-order valence-electron chi connectivity index (χ4n) is 4.68. The first kappa shape index (κ1) is 26.3. The van der Waals surface area contributed by atoms with Crippen molar-refractivity contribution < 1.29 is 19.0 Å². The second-order valence-electron chi connectivity index (χ2n) is 11.0. The molecule has 0 bridgehead atoms. The van der Waals surface area contributed by atoms with Gasteiger partial charge in [0.1, 0.15) is 47.4 Å². The smallest absolute Gasteiger partial charge is 0.410 e. The topological polar surface area (TPSA) is 116 Å². The van der Waals surface area contributed by atoms with E-state index < -0.39 is 5.60 Å². The number of aromatic nitrogens is 5. The highest BCUT2D eigenvalue weighted by Gasteiger charge is 2.31. The zero-order chi connectivity index (χ0) is 28.6. The minimum absolute atomic E-state index is 0.123. The summed E-state index contributed by atoms with van der Waals surface area (Å²) in [5.74, 6) is 2.77. The van der Waals surface area contributed by atoms with Gasteiger partial charge in [0.2, 0.25) is 0 Å². The van der Waals surface area contributed by atoms with Gasteiger partial charge in [-0.15, -0.1) is 0 Å². The summed E-state index contributed by atoms with van der Waals surface area (Å²) in [6, 6.07) is 15.3. The Kier molecular flexibility index (Phi) is 6.78. The Balaban J connectivity index is 1.15. The molecule has 1 N–H and O–H groups in total. The van der Waals surface area contributed by atoms with Crippen LogP contribution in [0.2, 0.25) is 0 Å². The summed E-state index contributed by atoms with van der Waals surface area (Å²) >= 11 is 0. The lowest BCUT2D eigenvalue weighted by molar-refractivity contribution is 0.0275. The third kappa shape index (κ3) is 5.98. The Morgan fingerprint density at radius 2 is 1.88 bits per heavy atom. The van der Waals surface area contributed by atoms with Crippen molar-refractivity contribution in [1.82, 2.24) is 29.5 Å². The predicted molar refractivity (Wildman–Crippen MR) is 154 cm³/mol. The first-order valence-corrected chi connectivity index (χ1v) is 13.4. The fraction of sp³-hybridized carbons (Fsp3) is 0.300. The summed E-state index contributed by atoms with van der Waals surface area (Å²) in [5, 5.41) is 8.35. The average molecular weight is 554 g/mol. The van der Waals surface area contributed by atoms with E-state index in [9.17, 15) is 4.79 Å². The van der Waals surface area contributed by atoms with Crippen LogP contribution in [-0.4, -0.2) is 60.4 Å². The van der Waals surface area contributed by atoms with E-state index in [-0.39, 0.29) is 12.2 Å². The van der Waals surface area contributed by atoms with Gasteiger partial charge in [0, 0.05) is 36.3 Å². The highest BCUT2D eigenvalue weighted by Crippen LogP contribution is 2.32. The number of ether oxygens (including phenoxy) is 3. The monoisotopic (exact) mass is 553 g/mol. The molecule has 6 rings (SSSR count). The van der Waals surface area contributed by atoms with Crippen LogP contribution in [0.25, 0.3) is 16.6 Å². The maximum absolute atomic E-state index is 12.4. The number of likely N-dealkylation sites (tertiary alicyclic amines) is 1. The van der Waals surface area contributed by atoms with Crippen molar-refractivity contribution in [3.63, 3.8) is 0 Å². The minimum Gasteiger partial charge on any atom is -0.488 e. The Morgan fingerprint density at radius 3 is 2.71 bits per heavy atom. The number of anilines is 2. The largest absolute Gasteiger partial charge is 0.488 e. The number of benzene rings is 2. The molecule has 1 aliphatic rings. The molecule has 210 valence electrons. The van der Waals surface area contributed by atoms with Crippen LogP contribution < -0.4 is 14.8 Å². The maximum Gasteiger partial charge on any atom is 0.410 e. The molecule has 1 atom stereocenters. The molecule has 11 heteroatoms. The number of nitrogens with one attached hydrogen (secondary N) is 1. The molecule has 1 aliphatic heterocycles. The number of carbonyl (C=O) groups is 1. The highest BCUT2D eigenvalue weighted by atomic mass is 16.6. The maximum atomic E-state index is 12.4. The van der Waals surface area contributed by atoms with Crippen LogP contribution in [0.5, 0.6) is 17.2 Å². The average Bonchev–Trinajstić information content (AvgIpc) is 3.59. The van der Waals surface area contributed by atoms with Crippen LogP contribution in [0.1, 0.15) is 32.8 Å². The summed E-state index contributed by atoms with van der Waals surface area (Å²) < 4.78 is 19.5. The van der Waals surface area contributed by atoms with Crippen molar-refractivity contribution in [1.29, 1.82) is 0 Å². The van der Waals surface area contributed by atoms with E-state index in [2.05, 4.69) is 25.4 Å². The van der Waals surface area contributed by atoms with Crippen LogP contribution in [0.15, 0.2) is 67.4 Å². The number of hydrogen-bond acceptors (Lipinski definition) is 9. The molecule has 1 amide bonds. The Morgan fingerprint density at radius 1 is 1.00 bits per heavy atom. The highest BCUT2D eigenvalue weighted by molar-refractivity contribution is 5.91. The molecule has 0 aliphatic carbocycles. The molecular formula is C30H31N7O4. The van der Waals surface area contributed by atoms with Crippen molar-refractivity contribution >= 4 is 34.1 Å². The standard InChI is InChI=1S/C30H31N7O4/c1-19-13-20(5-8-26(19)40-22-10-12-37-27(15-22)32-18-34-37)35-28-24-14-21(6-7-25(24)31-17-33-28)39-23-9-11-36(16-23)29(38)41-30(2,3)4/h5-8,10,12-15,17-18,23H,9,11,16H2,1-4H3,(H,31,33,35). The van der Waals surface area contributed by atoms with E-state index in [0.717, 1.165) is 34.3 Å². The second-order valence-corrected chi connectivity index (χ2v) is 11.0. The molecule has 2 aromatic carbocycles. The lowest BCUT2D eigenvalue weighted by Crippen LogP contribution is -2.36. The van der Waals surface area contributed by atoms with Gasteiger partial charge in [-0.05, 0) is 75.7 Å². The number of carbonyl (C=O) groups excluding carboxylic acids is 1. The quantitative estimate of drug-likeness (QED) is 0.274. The molecule has 41 heavy (non-hydrogen) atoms. The Labute approximate surface area is 237 Å². The third-order valence-corrected chi connectivity index (χ3v) is 6.62. The van der Waals surface area contributed by atoms with E-state index in [0.29, 0.717) is 36.1 Å². The van der Waals surface area contributed by atoms with E-state index in [1.807, 2.05) is 82.4 Å². The van der Waals surface area contributed by atoms with Crippen molar-refractivity contribution in [3.8, 4) is 17.2 Å². The molecule has 11 nitrogen and oxygen atoms in total. The molecule has 5 aromatic rings. The molecular weight excluding hydrogens is 522 g/mol. The zero-order valence-electron chi connectivity index (χ0n) is 23.4. The molecule has 4 heterocycles. The van der Waals surface area contributed by atoms with Crippen molar-refractivity contribution in [3.05, 3.63) is 72.9 Å². The number of amides is 1. The summed E-state index contributed by atoms with van der Waals surface area (Å²) in [4.78, 5) is 27.2. The van der Waals surface area contributed by atoms with E-state index >= 15 is 0 Å². The van der Waals surface area contributed by atoms with Crippen LogP contribution in [-0.2, 0) is 4.74 Å². The normalized spacial score (nSPS) is 15.3. The Bertz CT molecular complexity index is 1730. The third-order valence-electron chi connectivity index (χ3n) is 6.62. The van der Waals surface area contributed by atoms with Gasteiger partial charge >= 0.3 is 6.09 Å². The van der Waals surface area contributed by atoms with Crippen LogP contribution in [0.3, 0.4) is 0 Å². The lowest BCUT2D eigenvalue weighted by atomic mass is 10.2. The molecule has 1 unspecified atom stereocenters. The van der Waals surface area contributed by atoms with Crippen LogP contribution >= 0.6 is 0 Å². The van der Waals surface area contributed by atoms with Gasteiger partial charge in [0.05, 0.1) is 12.1 Å². The van der Waals surface area contributed by atoms with Gasteiger partial charge in [-0.2, -0.15) is 5.10 Å². The van der Waals surface area contributed by atoms with Gasteiger partial charge in [-0.3, -0.25) is 0 Å².